The number of aliphatic hydroxyl groups excluding tert-OH is 1. The molecule has 5 nitrogen and oxygen atoms in total. The van der Waals surface area contributed by atoms with Crippen LogP contribution in [0.1, 0.15) is 17.3 Å². The summed E-state index contributed by atoms with van der Waals surface area (Å²) in [6.45, 7) is 1.97. The minimum Gasteiger partial charge on any atom is -0.392 e. The Balaban J connectivity index is 2.82. The normalized spacial score (nSPS) is 14.1. The van der Waals surface area contributed by atoms with Crippen molar-refractivity contribution in [2.24, 2.45) is 11.5 Å². The van der Waals surface area contributed by atoms with Crippen molar-refractivity contribution in [1.29, 1.82) is 0 Å². The molecule has 0 heterocycles. The van der Waals surface area contributed by atoms with Crippen molar-refractivity contribution < 1.29 is 9.90 Å². The van der Waals surface area contributed by atoms with E-state index in [-0.39, 0.29) is 0 Å². The van der Waals surface area contributed by atoms with Gasteiger partial charge in [0, 0.05) is 22.7 Å². The van der Waals surface area contributed by atoms with Crippen molar-refractivity contribution >= 4 is 27.5 Å². The second kappa shape index (κ2) is 6.00. The highest BCUT2D eigenvalue weighted by Gasteiger charge is 2.12. The minimum atomic E-state index is -0.619. The smallest absolute Gasteiger partial charge is 0.250 e. The van der Waals surface area contributed by atoms with E-state index in [0.717, 1.165) is 4.47 Å². The summed E-state index contributed by atoms with van der Waals surface area (Å²) >= 11 is 3.31. The standard InChI is InChI=1S/C11H16BrN3O2/c1-6(16)9(13)5-15-10-4-7(12)2-3-8(10)11(14)17/h2-4,6,9,15-16H,5,13H2,1H3,(H2,14,17). The van der Waals surface area contributed by atoms with Gasteiger partial charge >= 0.3 is 0 Å². The molecule has 1 aromatic carbocycles. The molecule has 0 aromatic heterocycles. The van der Waals surface area contributed by atoms with Gasteiger partial charge in [-0.3, -0.25) is 4.79 Å². The van der Waals surface area contributed by atoms with E-state index in [9.17, 15) is 9.90 Å². The summed E-state index contributed by atoms with van der Waals surface area (Å²) < 4.78 is 0.829. The van der Waals surface area contributed by atoms with Gasteiger partial charge in [0.15, 0.2) is 0 Å². The van der Waals surface area contributed by atoms with E-state index in [0.29, 0.717) is 17.8 Å². The molecular weight excluding hydrogens is 286 g/mol. The van der Waals surface area contributed by atoms with Gasteiger partial charge in [-0.15, -0.1) is 0 Å². The average molecular weight is 302 g/mol. The Hall–Kier alpha value is -1.11. The quantitative estimate of drug-likeness (QED) is 0.642. The van der Waals surface area contributed by atoms with Gasteiger partial charge in [-0.2, -0.15) is 0 Å². The molecule has 0 fully saturated rings. The zero-order valence-corrected chi connectivity index (χ0v) is 11.1. The molecule has 0 aliphatic rings. The van der Waals surface area contributed by atoms with Crippen molar-refractivity contribution in [3.8, 4) is 0 Å². The molecule has 6 N–H and O–H groups in total. The van der Waals surface area contributed by atoms with Crippen LogP contribution >= 0.6 is 15.9 Å². The van der Waals surface area contributed by atoms with Crippen LogP contribution in [-0.4, -0.2) is 29.7 Å². The number of benzene rings is 1. The van der Waals surface area contributed by atoms with Gasteiger partial charge in [0.2, 0.25) is 0 Å². The SMILES string of the molecule is CC(O)C(N)CNc1cc(Br)ccc1C(N)=O. The van der Waals surface area contributed by atoms with Gasteiger partial charge in [0.25, 0.3) is 5.91 Å². The first-order valence-electron chi connectivity index (χ1n) is 5.18. The number of carbonyl (C=O) groups excluding carboxylic acids is 1. The maximum Gasteiger partial charge on any atom is 0.250 e. The fraction of sp³-hybridized carbons (Fsp3) is 0.364. The topological polar surface area (TPSA) is 101 Å². The lowest BCUT2D eigenvalue weighted by Crippen LogP contribution is -2.39. The second-order valence-electron chi connectivity index (χ2n) is 3.84. The minimum absolute atomic E-state index is 0.356. The lowest BCUT2D eigenvalue weighted by molar-refractivity contribution is 0.100. The molecular formula is C11H16BrN3O2. The van der Waals surface area contributed by atoms with E-state index in [4.69, 9.17) is 11.5 Å². The Bertz CT molecular complexity index is 410. The van der Waals surface area contributed by atoms with Crippen molar-refractivity contribution in [3.63, 3.8) is 0 Å². The Morgan fingerprint density at radius 2 is 2.24 bits per heavy atom. The predicted molar refractivity (Wildman–Crippen MR) is 70.8 cm³/mol. The number of amides is 1. The molecule has 2 unspecified atom stereocenters. The van der Waals surface area contributed by atoms with Crippen LogP contribution in [0.4, 0.5) is 5.69 Å². The summed E-state index contributed by atoms with van der Waals surface area (Å²) in [5, 5.41) is 12.3. The van der Waals surface area contributed by atoms with Crippen molar-refractivity contribution in [1.82, 2.24) is 0 Å². The first-order chi connectivity index (χ1) is 7.91. The molecule has 0 saturated heterocycles. The van der Waals surface area contributed by atoms with E-state index in [1.165, 1.54) is 0 Å². The molecule has 2 atom stereocenters. The van der Waals surface area contributed by atoms with E-state index < -0.39 is 18.1 Å². The van der Waals surface area contributed by atoms with E-state index >= 15 is 0 Å². The fourth-order valence-electron chi connectivity index (χ4n) is 1.28. The summed E-state index contributed by atoms with van der Waals surface area (Å²) in [5.74, 6) is -0.509. The monoisotopic (exact) mass is 301 g/mol. The molecule has 1 amide bonds. The maximum atomic E-state index is 11.2. The molecule has 0 bridgehead atoms. The van der Waals surface area contributed by atoms with Crippen LogP contribution < -0.4 is 16.8 Å². The third-order valence-corrected chi connectivity index (χ3v) is 2.89. The molecule has 1 rings (SSSR count). The van der Waals surface area contributed by atoms with Crippen LogP contribution in [0, 0.1) is 0 Å². The molecule has 0 spiro atoms. The molecule has 0 aliphatic carbocycles. The molecule has 6 heteroatoms. The zero-order valence-electron chi connectivity index (χ0n) is 9.48. The Kier molecular flexibility index (Phi) is 4.92. The highest BCUT2D eigenvalue weighted by Crippen LogP contribution is 2.21. The van der Waals surface area contributed by atoms with E-state index in [2.05, 4.69) is 21.2 Å². The van der Waals surface area contributed by atoms with Gasteiger partial charge in [-0.1, -0.05) is 15.9 Å². The summed E-state index contributed by atoms with van der Waals surface area (Å²) in [6.07, 6.45) is -0.619. The van der Waals surface area contributed by atoms with Gasteiger partial charge in [-0.05, 0) is 25.1 Å². The summed E-state index contributed by atoms with van der Waals surface area (Å²) in [6, 6.07) is 4.70. The number of hydrogen-bond donors (Lipinski definition) is 4. The van der Waals surface area contributed by atoms with Crippen LogP contribution in [0.15, 0.2) is 22.7 Å². The summed E-state index contributed by atoms with van der Waals surface area (Å²) in [7, 11) is 0. The van der Waals surface area contributed by atoms with Gasteiger partial charge in [0.05, 0.1) is 11.7 Å². The molecule has 17 heavy (non-hydrogen) atoms. The highest BCUT2D eigenvalue weighted by molar-refractivity contribution is 9.10. The predicted octanol–water partition coefficient (Wildman–Crippen LogP) is 0.668. The zero-order chi connectivity index (χ0) is 13.0. The van der Waals surface area contributed by atoms with Crippen LogP contribution in [-0.2, 0) is 0 Å². The number of hydrogen-bond acceptors (Lipinski definition) is 4. The Morgan fingerprint density at radius 3 is 2.76 bits per heavy atom. The largest absolute Gasteiger partial charge is 0.392 e. The van der Waals surface area contributed by atoms with E-state index in [1.54, 1.807) is 25.1 Å². The van der Waals surface area contributed by atoms with Crippen LogP contribution in [0.3, 0.4) is 0 Å². The molecule has 0 radical (unpaired) electrons. The van der Waals surface area contributed by atoms with Gasteiger partial charge in [0.1, 0.15) is 0 Å². The van der Waals surface area contributed by atoms with Crippen molar-refractivity contribution in [2.75, 3.05) is 11.9 Å². The molecule has 0 aliphatic heterocycles. The number of anilines is 1. The van der Waals surface area contributed by atoms with Crippen LogP contribution in [0.25, 0.3) is 0 Å². The molecule has 1 aromatic rings. The Morgan fingerprint density at radius 1 is 1.59 bits per heavy atom. The maximum absolute atomic E-state index is 11.2. The second-order valence-corrected chi connectivity index (χ2v) is 4.76. The third-order valence-electron chi connectivity index (χ3n) is 2.39. The fourth-order valence-corrected chi connectivity index (χ4v) is 1.64. The third kappa shape index (κ3) is 3.99. The lowest BCUT2D eigenvalue weighted by atomic mass is 10.1. The van der Waals surface area contributed by atoms with Gasteiger partial charge in [-0.25, -0.2) is 0 Å². The van der Waals surface area contributed by atoms with Crippen molar-refractivity contribution in [2.45, 2.75) is 19.1 Å². The summed E-state index contributed by atoms with van der Waals surface area (Å²) in [4.78, 5) is 11.2. The first kappa shape index (κ1) is 14.0. The number of halogens is 1. The lowest BCUT2D eigenvalue weighted by Gasteiger charge is -2.17. The number of carbonyl (C=O) groups is 1. The highest BCUT2D eigenvalue weighted by atomic mass is 79.9. The number of nitrogens with one attached hydrogen (secondary N) is 1. The number of rotatable bonds is 5. The van der Waals surface area contributed by atoms with Gasteiger partial charge < -0.3 is 21.9 Å². The number of primary amides is 1. The van der Waals surface area contributed by atoms with Crippen LogP contribution in [0.5, 0.6) is 0 Å². The Labute approximate surface area is 108 Å². The first-order valence-corrected chi connectivity index (χ1v) is 5.98. The number of nitrogens with two attached hydrogens (primary N) is 2. The van der Waals surface area contributed by atoms with Crippen LogP contribution in [0.2, 0.25) is 0 Å². The number of aliphatic hydroxyl groups is 1. The molecule has 94 valence electrons. The summed E-state index contributed by atoms with van der Waals surface area (Å²) in [5.41, 5.74) is 11.9. The average Bonchev–Trinajstić information content (AvgIpc) is 2.25. The molecule has 0 saturated carbocycles. The van der Waals surface area contributed by atoms with Crippen molar-refractivity contribution in [3.05, 3.63) is 28.2 Å². The van der Waals surface area contributed by atoms with E-state index in [1.807, 2.05) is 0 Å².